The molecule has 0 aliphatic carbocycles. The van der Waals surface area contributed by atoms with Crippen LogP contribution in [-0.4, -0.2) is 70.6 Å². The number of alkyl halides is 3. The maximum Gasteiger partial charge on any atom is 0.573 e. The van der Waals surface area contributed by atoms with E-state index in [1.54, 1.807) is 12.1 Å². The maximum atomic E-state index is 12.3. The smallest absolute Gasteiger partial charge is 0.406 e. The molecule has 3 heterocycles. The van der Waals surface area contributed by atoms with Gasteiger partial charge in [-0.1, -0.05) is 0 Å². The summed E-state index contributed by atoms with van der Waals surface area (Å²) in [6, 6.07) is 8.78. The van der Waals surface area contributed by atoms with Crippen molar-refractivity contribution in [2.75, 3.05) is 55.6 Å². The van der Waals surface area contributed by atoms with Gasteiger partial charge in [0.15, 0.2) is 0 Å². The molecule has 0 radical (unpaired) electrons. The zero-order valence-electron chi connectivity index (χ0n) is 18.0. The van der Waals surface area contributed by atoms with Crippen molar-refractivity contribution in [3.05, 3.63) is 49.1 Å². The normalized spacial score (nSPS) is 14.4. The van der Waals surface area contributed by atoms with E-state index in [9.17, 15) is 13.2 Å². The van der Waals surface area contributed by atoms with Crippen LogP contribution in [0.3, 0.4) is 0 Å². The van der Waals surface area contributed by atoms with E-state index in [1.807, 2.05) is 0 Å². The molecule has 1 saturated heterocycles. The quantitative estimate of drug-likeness (QED) is 0.399. The average molecular weight is 476 g/mol. The largest absolute Gasteiger partial charge is 0.573 e. The minimum atomic E-state index is -4.73. The SMILES string of the molecule is FC(F)(F)Oc1ccc(NNc2cc(-c3cc(NCCN4CCOCC4)ncn3)ncn2)cc1. The van der Waals surface area contributed by atoms with Gasteiger partial charge in [-0.15, -0.1) is 13.2 Å². The first-order valence-electron chi connectivity index (χ1n) is 10.5. The van der Waals surface area contributed by atoms with Crippen LogP contribution >= 0.6 is 0 Å². The zero-order valence-corrected chi connectivity index (χ0v) is 18.0. The molecule has 3 N–H and O–H groups in total. The van der Waals surface area contributed by atoms with Crippen LogP contribution in [0.15, 0.2) is 49.1 Å². The number of aromatic nitrogens is 4. The Kier molecular flexibility index (Phi) is 7.54. The number of hydrogen-bond acceptors (Lipinski definition) is 10. The van der Waals surface area contributed by atoms with Gasteiger partial charge in [0, 0.05) is 38.3 Å². The second kappa shape index (κ2) is 10.9. The number of morpholine rings is 1. The fraction of sp³-hybridized carbons (Fsp3) is 0.333. The minimum Gasteiger partial charge on any atom is -0.406 e. The molecule has 13 heteroatoms. The Hall–Kier alpha value is -3.71. The van der Waals surface area contributed by atoms with Crippen LogP contribution in [0.1, 0.15) is 0 Å². The fourth-order valence-electron chi connectivity index (χ4n) is 3.20. The highest BCUT2D eigenvalue weighted by Crippen LogP contribution is 2.24. The average Bonchev–Trinajstić information content (AvgIpc) is 2.84. The Labute approximate surface area is 193 Å². The molecule has 10 nitrogen and oxygen atoms in total. The third-order valence-electron chi connectivity index (χ3n) is 4.86. The molecule has 0 atom stereocenters. The molecule has 1 aliphatic rings. The lowest BCUT2D eigenvalue weighted by molar-refractivity contribution is -0.274. The van der Waals surface area contributed by atoms with Crippen LogP contribution in [0.25, 0.3) is 11.4 Å². The molecule has 0 amide bonds. The lowest BCUT2D eigenvalue weighted by Gasteiger charge is -2.26. The number of hydrogen-bond donors (Lipinski definition) is 3. The molecule has 4 rings (SSSR count). The number of nitrogens with zero attached hydrogens (tertiary/aromatic N) is 5. The second-order valence-electron chi connectivity index (χ2n) is 7.28. The van der Waals surface area contributed by atoms with E-state index in [0.29, 0.717) is 28.7 Å². The molecule has 0 spiro atoms. The second-order valence-corrected chi connectivity index (χ2v) is 7.28. The molecule has 34 heavy (non-hydrogen) atoms. The number of hydrazine groups is 1. The molecule has 1 aromatic carbocycles. The summed E-state index contributed by atoms with van der Waals surface area (Å²) in [5, 5.41) is 3.30. The van der Waals surface area contributed by atoms with Crippen LogP contribution in [0.2, 0.25) is 0 Å². The van der Waals surface area contributed by atoms with Crippen LogP contribution in [0.5, 0.6) is 5.75 Å². The molecule has 1 fully saturated rings. The van der Waals surface area contributed by atoms with Crippen molar-refractivity contribution in [3.63, 3.8) is 0 Å². The van der Waals surface area contributed by atoms with Gasteiger partial charge < -0.3 is 14.8 Å². The topological polar surface area (TPSA) is 109 Å². The van der Waals surface area contributed by atoms with Crippen LogP contribution in [0, 0.1) is 0 Å². The van der Waals surface area contributed by atoms with E-state index in [1.165, 1.54) is 36.9 Å². The summed E-state index contributed by atoms with van der Waals surface area (Å²) >= 11 is 0. The van der Waals surface area contributed by atoms with Gasteiger partial charge in [0.1, 0.15) is 30.0 Å². The summed E-state index contributed by atoms with van der Waals surface area (Å²) in [6.45, 7) is 4.99. The van der Waals surface area contributed by atoms with Crippen molar-refractivity contribution in [2.24, 2.45) is 0 Å². The van der Waals surface area contributed by atoms with E-state index in [0.717, 1.165) is 39.4 Å². The molecule has 1 aliphatic heterocycles. The molecule has 180 valence electrons. The highest BCUT2D eigenvalue weighted by Gasteiger charge is 2.30. The van der Waals surface area contributed by atoms with Crippen molar-refractivity contribution in [2.45, 2.75) is 6.36 Å². The standard InChI is InChI=1S/C21H23F3N8O2/c22-21(23,24)34-16-3-1-15(2-4-16)30-31-20-12-18(27-14-29-20)17-11-19(28-13-26-17)25-5-6-32-7-9-33-10-8-32/h1-4,11-14,30H,5-10H2,(H,25,26,28)(H,27,29,31). The number of ether oxygens (including phenoxy) is 2. The fourth-order valence-corrected chi connectivity index (χ4v) is 3.20. The van der Waals surface area contributed by atoms with Gasteiger partial charge in [-0.05, 0) is 24.3 Å². The predicted octanol–water partition coefficient (Wildman–Crippen LogP) is 3.02. The Bertz CT molecular complexity index is 1060. The van der Waals surface area contributed by atoms with E-state index in [4.69, 9.17) is 4.74 Å². The van der Waals surface area contributed by atoms with E-state index >= 15 is 0 Å². The lowest BCUT2D eigenvalue weighted by Crippen LogP contribution is -2.39. The highest BCUT2D eigenvalue weighted by atomic mass is 19.4. The van der Waals surface area contributed by atoms with Gasteiger partial charge in [0.25, 0.3) is 0 Å². The highest BCUT2D eigenvalue weighted by molar-refractivity contribution is 5.62. The first-order valence-corrected chi connectivity index (χ1v) is 10.5. The number of nitrogens with one attached hydrogen (secondary N) is 3. The lowest BCUT2D eigenvalue weighted by atomic mass is 10.2. The van der Waals surface area contributed by atoms with Crippen LogP contribution < -0.4 is 20.9 Å². The van der Waals surface area contributed by atoms with Crippen molar-refractivity contribution in [1.29, 1.82) is 0 Å². The van der Waals surface area contributed by atoms with Crippen molar-refractivity contribution in [3.8, 4) is 17.1 Å². The van der Waals surface area contributed by atoms with Gasteiger partial charge in [-0.25, -0.2) is 19.9 Å². The number of halogens is 3. The summed E-state index contributed by atoms with van der Waals surface area (Å²) in [5.41, 5.74) is 7.46. The first kappa shape index (κ1) is 23.4. The molecular formula is C21H23F3N8O2. The Morgan fingerprint density at radius 3 is 2.21 bits per heavy atom. The first-order chi connectivity index (χ1) is 16.4. The summed E-state index contributed by atoms with van der Waals surface area (Å²) < 4.78 is 46.0. The molecule has 0 saturated carbocycles. The van der Waals surface area contributed by atoms with E-state index < -0.39 is 6.36 Å². The predicted molar refractivity (Wildman–Crippen MR) is 119 cm³/mol. The van der Waals surface area contributed by atoms with Gasteiger partial charge in [-0.3, -0.25) is 15.8 Å². The molecule has 0 bridgehead atoms. The third-order valence-corrected chi connectivity index (χ3v) is 4.86. The zero-order chi connectivity index (χ0) is 23.8. The number of rotatable bonds is 9. The summed E-state index contributed by atoms with van der Waals surface area (Å²) in [7, 11) is 0. The Balaban J connectivity index is 1.32. The van der Waals surface area contributed by atoms with Gasteiger partial charge in [-0.2, -0.15) is 0 Å². The molecule has 0 unspecified atom stereocenters. The summed E-state index contributed by atoms with van der Waals surface area (Å²) in [6.07, 6.45) is -1.89. The molecule has 2 aromatic heterocycles. The van der Waals surface area contributed by atoms with Crippen molar-refractivity contribution in [1.82, 2.24) is 24.8 Å². The maximum absolute atomic E-state index is 12.3. The van der Waals surface area contributed by atoms with Crippen molar-refractivity contribution >= 4 is 17.3 Å². The van der Waals surface area contributed by atoms with Crippen molar-refractivity contribution < 1.29 is 22.6 Å². The van der Waals surface area contributed by atoms with E-state index in [2.05, 4.69) is 45.7 Å². The van der Waals surface area contributed by atoms with Gasteiger partial charge in [0.05, 0.1) is 30.3 Å². The third kappa shape index (κ3) is 7.15. The van der Waals surface area contributed by atoms with Crippen LogP contribution in [-0.2, 0) is 4.74 Å². The minimum absolute atomic E-state index is 0.305. The molecule has 3 aromatic rings. The summed E-state index contributed by atoms with van der Waals surface area (Å²) in [4.78, 5) is 19.3. The van der Waals surface area contributed by atoms with Gasteiger partial charge >= 0.3 is 6.36 Å². The van der Waals surface area contributed by atoms with Gasteiger partial charge in [0.2, 0.25) is 0 Å². The summed E-state index contributed by atoms with van der Waals surface area (Å²) in [5.74, 6) is 0.826. The van der Waals surface area contributed by atoms with E-state index in [-0.39, 0.29) is 5.75 Å². The van der Waals surface area contributed by atoms with Crippen LogP contribution in [0.4, 0.5) is 30.5 Å². The number of anilines is 3. The Morgan fingerprint density at radius 2 is 1.53 bits per heavy atom. The molecular weight excluding hydrogens is 453 g/mol. The number of benzene rings is 1. The monoisotopic (exact) mass is 476 g/mol. The Morgan fingerprint density at radius 1 is 0.882 bits per heavy atom.